The van der Waals surface area contributed by atoms with Crippen LogP contribution < -0.4 is 0 Å². The first-order valence-corrected chi connectivity index (χ1v) is 21.9. The van der Waals surface area contributed by atoms with Gasteiger partial charge in [0.15, 0.2) is 0 Å². The standard InChI is InChI=1S/C28H38O3.C25H32O3/c1-5-24(15-11-21(4)28(31,6-2)7-3)25-10-8-9-22(17-25)12-13-23-14-16-26(19-29)27(18-23)20-30;1-2-20(12-13-25(28)21-10-11-21)22-5-3-4-18(14-22)6-7-19-8-9-23(16-26)24(15-19)17-27/h8-11,14-18,29-31H,5-7,12-13,19-20H2,1-4H3;3-5,8-9,12,14-15,21,25-28H,2,6-7,10-11,13,16-17H2,1H3/b21-11+,24-15+;20-12+. The average Bonchev–Trinajstić information content (AvgIpc) is 4.14. The summed E-state index contributed by atoms with van der Waals surface area (Å²) >= 11 is 0. The fraction of sp³-hybridized carbons (Fsp3) is 0.434. The van der Waals surface area contributed by atoms with Crippen molar-refractivity contribution in [2.45, 2.75) is 143 Å². The van der Waals surface area contributed by atoms with Gasteiger partial charge in [0.1, 0.15) is 0 Å². The first-order chi connectivity index (χ1) is 28.5. The molecular formula is C53H70O6. The SMILES string of the molecule is CC/C(=C\C=C(/C)C(O)(CC)CC)c1cccc(CCc2ccc(CO)c(CO)c2)c1.CC/C(=C\CC(O)C1CC1)c1cccc(CCc2ccc(CO)c(CO)c2)c1. The predicted molar refractivity (Wildman–Crippen MR) is 243 cm³/mol. The Balaban J connectivity index is 0.000000262. The van der Waals surface area contributed by atoms with Gasteiger partial charge in [-0.2, -0.15) is 0 Å². The summed E-state index contributed by atoms with van der Waals surface area (Å²) in [6.07, 6.45) is 16.3. The lowest BCUT2D eigenvalue weighted by atomic mass is 9.88. The molecule has 1 unspecified atom stereocenters. The molecule has 4 aromatic carbocycles. The van der Waals surface area contributed by atoms with Crippen molar-refractivity contribution in [3.05, 3.63) is 164 Å². The first-order valence-electron chi connectivity index (χ1n) is 21.9. The van der Waals surface area contributed by atoms with Gasteiger partial charge in [-0.05, 0) is 156 Å². The molecule has 0 radical (unpaired) electrons. The number of rotatable bonds is 21. The van der Waals surface area contributed by atoms with Gasteiger partial charge in [-0.25, -0.2) is 0 Å². The largest absolute Gasteiger partial charge is 0.393 e. The summed E-state index contributed by atoms with van der Waals surface area (Å²) in [5.74, 6) is 0.515. The molecule has 0 bridgehead atoms. The van der Waals surface area contributed by atoms with Gasteiger partial charge in [0.25, 0.3) is 0 Å². The second kappa shape index (κ2) is 24.2. The normalized spacial score (nSPS) is 14.3. The topological polar surface area (TPSA) is 121 Å². The lowest BCUT2D eigenvalue weighted by molar-refractivity contribution is 0.0702. The summed E-state index contributed by atoms with van der Waals surface area (Å²) in [7, 11) is 0. The van der Waals surface area contributed by atoms with Crippen LogP contribution in [0.3, 0.4) is 0 Å². The highest BCUT2D eigenvalue weighted by molar-refractivity contribution is 5.68. The molecule has 0 spiro atoms. The second-order valence-corrected chi connectivity index (χ2v) is 16.1. The number of hydrogen-bond acceptors (Lipinski definition) is 6. The highest BCUT2D eigenvalue weighted by atomic mass is 16.3. The molecule has 6 heteroatoms. The highest BCUT2D eigenvalue weighted by Crippen LogP contribution is 2.35. The third-order valence-corrected chi connectivity index (χ3v) is 12.2. The van der Waals surface area contributed by atoms with Crippen molar-refractivity contribution in [1.82, 2.24) is 0 Å². The maximum absolute atomic E-state index is 10.7. The lowest BCUT2D eigenvalue weighted by Gasteiger charge is -2.26. The molecule has 0 heterocycles. The molecule has 318 valence electrons. The van der Waals surface area contributed by atoms with Crippen molar-refractivity contribution < 1.29 is 30.6 Å². The van der Waals surface area contributed by atoms with Crippen molar-refractivity contribution in [2.24, 2.45) is 5.92 Å². The molecule has 6 nitrogen and oxygen atoms in total. The van der Waals surface area contributed by atoms with E-state index in [0.29, 0.717) is 18.8 Å². The number of allylic oxidation sites excluding steroid dienone is 4. The summed E-state index contributed by atoms with van der Waals surface area (Å²) in [5, 5.41) is 58.6. The van der Waals surface area contributed by atoms with Gasteiger partial charge in [0, 0.05) is 0 Å². The van der Waals surface area contributed by atoms with E-state index in [1.807, 2.05) is 57.2 Å². The quantitative estimate of drug-likeness (QED) is 0.0467. The third-order valence-electron chi connectivity index (χ3n) is 12.2. The van der Waals surface area contributed by atoms with Crippen LogP contribution in [0.2, 0.25) is 0 Å². The molecular weight excluding hydrogens is 733 g/mol. The zero-order valence-electron chi connectivity index (χ0n) is 36.3. The summed E-state index contributed by atoms with van der Waals surface area (Å²) in [6, 6.07) is 29.2. The Hall–Kier alpha value is -4.14. The summed E-state index contributed by atoms with van der Waals surface area (Å²) in [6.45, 7) is 10.2. The van der Waals surface area contributed by atoms with Crippen molar-refractivity contribution in [3.63, 3.8) is 0 Å². The molecule has 0 aromatic heterocycles. The summed E-state index contributed by atoms with van der Waals surface area (Å²) in [5.41, 5.74) is 13.4. The molecule has 1 aliphatic carbocycles. The molecule has 1 aliphatic rings. The molecule has 1 saturated carbocycles. The minimum Gasteiger partial charge on any atom is -0.393 e. The fourth-order valence-corrected chi connectivity index (χ4v) is 7.71. The van der Waals surface area contributed by atoms with Crippen LogP contribution in [0.5, 0.6) is 0 Å². The molecule has 0 aliphatic heterocycles. The number of benzene rings is 4. The zero-order valence-corrected chi connectivity index (χ0v) is 36.3. The third kappa shape index (κ3) is 14.2. The highest BCUT2D eigenvalue weighted by Gasteiger charge is 2.28. The van der Waals surface area contributed by atoms with Crippen molar-refractivity contribution in [1.29, 1.82) is 0 Å². The number of aliphatic hydroxyl groups is 6. The Labute approximate surface area is 354 Å². The van der Waals surface area contributed by atoms with Gasteiger partial charge in [-0.1, -0.05) is 131 Å². The second-order valence-electron chi connectivity index (χ2n) is 16.1. The average molecular weight is 803 g/mol. The van der Waals surface area contributed by atoms with Crippen LogP contribution in [0.1, 0.15) is 135 Å². The van der Waals surface area contributed by atoms with E-state index in [4.69, 9.17) is 0 Å². The van der Waals surface area contributed by atoms with E-state index >= 15 is 0 Å². The summed E-state index contributed by atoms with van der Waals surface area (Å²) < 4.78 is 0. The van der Waals surface area contributed by atoms with Gasteiger partial charge in [0.05, 0.1) is 38.1 Å². The van der Waals surface area contributed by atoms with E-state index in [1.54, 1.807) is 0 Å². The molecule has 1 fully saturated rings. The molecule has 1 atom stereocenters. The summed E-state index contributed by atoms with van der Waals surface area (Å²) in [4.78, 5) is 0. The van der Waals surface area contributed by atoms with Crippen LogP contribution in [0.25, 0.3) is 11.1 Å². The van der Waals surface area contributed by atoms with E-state index in [2.05, 4.69) is 80.6 Å². The van der Waals surface area contributed by atoms with E-state index in [1.165, 1.54) is 51.8 Å². The smallest absolute Gasteiger partial charge is 0.0851 e. The van der Waals surface area contributed by atoms with Gasteiger partial charge >= 0.3 is 0 Å². The van der Waals surface area contributed by atoms with Crippen LogP contribution in [-0.4, -0.2) is 42.3 Å². The van der Waals surface area contributed by atoms with E-state index < -0.39 is 5.60 Å². The first kappa shape index (κ1) is 47.5. The maximum atomic E-state index is 10.7. The van der Waals surface area contributed by atoms with Gasteiger partial charge in [-0.15, -0.1) is 0 Å². The van der Waals surface area contributed by atoms with E-state index in [9.17, 15) is 30.6 Å². The minimum absolute atomic E-state index is 0.0419. The lowest BCUT2D eigenvalue weighted by Crippen LogP contribution is -2.27. The predicted octanol–water partition coefficient (Wildman–Crippen LogP) is 10.2. The van der Waals surface area contributed by atoms with E-state index in [-0.39, 0.29) is 32.5 Å². The van der Waals surface area contributed by atoms with Crippen LogP contribution in [0.15, 0.2) is 109 Å². The Morgan fingerprint density at radius 2 is 1.03 bits per heavy atom. The van der Waals surface area contributed by atoms with Gasteiger partial charge in [0.2, 0.25) is 0 Å². The molecule has 0 saturated heterocycles. The van der Waals surface area contributed by atoms with Gasteiger partial charge < -0.3 is 30.6 Å². The van der Waals surface area contributed by atoms with Gasteiger partial charge in [-0.3, -0.25) is 0 Å². The van der Waals surface area contributed by atoms with Crippen molar-refractivity contribution >= 4 is 11.1 Å². The Morgan fingerprint density at radius 3 is 1.44 bits per heavy atom. The van der Waals surface area contributed by atoms with Crippen molar-refractivity contribution in [2.75, 3.05) is 0 Å². The Morgan fingerprint density at radius 1 is 0.593 bits per heavy atom. The van der Waals surface area contributed by atoms with Crippen LogP contribution in [0.4, 0.5) is 0 Å². The Kier molecular flexibility index (Phi) is 19.5. The number of aryl methyl sites for hydroxylation is 4. The monoisotopic (exact) mass is 803 g/mol. The minimum atomic E-state index is -0.726. The molecule has 4 aromatic rings. The van der Waals surface area contributed by atoms with Crippen LogP contribution in [-0.2, 0) is 52.1 Å². The van der Waals surface area contributed by atoms with Crippen LogP contribution >= 0.6 is 0 Å². The fourth-order valence-electron chi connectivity index (χ4n) is 7.71. The maximum Gasteiger partial charge on any atom is 0.0851 e. The molecule has 5 rings (SSSR count). The number of hydrogen-bond donors (Lipinski definition) is 6. The molecule has 0 amide bonds. The molecule has 59 heavy (non-hydrogen) atoms. The zero-order chi connectivity index (χ0) is 42.8. The van der Waals surface area contributed by atoms with E-state index in [0.717, 1.165) is 78.3 Å². The van der Waals surface area contributed by atoms with Crippen LogP contribution in [0, 0.1) is 5.92 Å². The number of aliphatic hydroxyl groups excluding tert-OH is 5. The Bertz CT molecular complexity index is 2000. The van der Waals surface area contributed by atoms with Crippen molar-refractivity contribution in [3.8, 4) is 0 Å². The molecule has 6 N–H and O–H groups in total.